The molecule has 1 aromatic heterocycles. The van der Waals surface area contributed by atoms with E-state index in [1.165, 1.54) is 49.9 Å². The fourth-order valence-corrected chi connectivity index (χ4v) is 3.79. The van der Waals surface area contributed by atoms with Gasteiger partial charge in [0.1, 0.15) is 0 Å². The average molecular weight is 259 g/mol. The average Bonchev–Trinajstić information content (AvgIpc) is 2.89. The SMILES string of the molecule is CCNCc1ccncc1N1CCC2CCCCC21. The van der Waals surface area contributed by atoms with Crippen molar-refractivity contribution in [2.24, 2.45) is 5.92 Å². The second-order valence-electron chi connectivity index (χ2n) is 5.88. The predicted molar refractivity (Wildman–Crippen MR) is 79.3 cm³/mol. The molecule has 2 aliphatic rings. The molecule has 0 radical (unpaired) electrons. The number of fused-ring (bicyclic) bond motifs is 1. The van der Waals surface area contributed by atoms with E-state index in [9.17, 15) is 0 Å². The standard InChI is InChI=1S/C16H25N3/c1-2-17-11-14-7-9-18-12-16(14)19-10-8-13-5-3-4-6-15(13)19/h7,9,12-13,15,17H,2-6,8,10-11H2,1H3. The topological polar surface area (TPSA) is 28.2 Å². The Hall–Kier alpha value is -1.09. The molecule has 2 unspecified atom stereocenters. The van der Waals surface area contributed by atoms with Crippen LogP contribution in [0.25, 0.3) is 0 Å². The molecule has 1 aliphatic carbocycles. The van der Waals surface area contributed by atoms with Gasteiger partial charge in [-0.3, -0.25) is 4.98 Å². The van der Waals surface area contributed by atoms with E-state index in [4.69, 9.17) is 0 Å². The molecule has 2 atom stereocenters. The van der Waals surface area contributed by atoms with Crippen LogP contribution in [0.2, 0.25) is 0 Å². The third-order valence-electron chi connectivity index (χ3n) is 4.77. The summed E-state index contributed by atoms with van der Waals surface area (Å²) in [5.41, 5.74) is 2.78. The van der Waals surface area contributed by atoms with Crippen molar-refractivity contribution in [2.45, 2.75) is 51.6 Å². The molecule has 0 amide bonds. The third-order valence-corrected chi connectivity index (χ3v) is 4.77. The Balaban J connectivity index is 1.81. The first kappa shape index (κ1) is 12.9. The van der Waals surface area contributed by atoms with Gasteiger partial charge in [0.15, 0.2) is 0 Å². The Bertz CT molecular complexity index is 418. The number of pyridine rings is 1. The highest BCUT2D eigenvalue weighted by Gasteiger charge is 2.36. The Morgan fingerprint density at radius 1 is 1.32 bits per heavy atom. The van der Waals surface area contributed by atoms with Crippen molar-refractivity contribution in [2.75, 3.05) is 18.0 Å². The van der Waals surface area contributed by atoms with Gasteiger partial charge >= 0.3 is 0 Å². The number of hydrogen-bond acceptors (Lipinski definition) is 3. The molecule has 1 aromatic rings. The normalized spacial score (nSPS) is 26.5. The Morgan fingerprint density at radius 2 is 2.21 bits per heavy atom. The van der Waals surface area contributed by atoms with Crippen LogP contribution in [-0.4, -0.2) is 24.1 Å². The van der Waals surface area contributed by atoms with E-state index in [1.54, 1.807) is 0 Å². The molecule has 1 aliphatic heterocycles. The maximum atomic E-state index is 4.37. The molecular formula is C16H25N3. The minimum Gasteiger partial charge on any atom is -0.367 e. The van der Waals surface area contributed by atoms with E-state index in [2.05, 4.69) is 34.4 Å². The summed E-state index contributed by atoms with van der Waals surface area (Å²) in [6.07, 6.45) is 11.0. The van der Waals surface area contributed by atoms with Gasteiger partial charge in [0.05, 0.1) is 11.9 Å². The summed E-state index contributed by atoms with van der Waals surface area (Å²) in [6, 6.07) is 2.95. The molecule has 0 bridgehead atoms. The molecule has 104 valence electrons. The van der Waals surface area contributed by atoms with Crippen LogP contribution in [0.5, 0.6) is 0 Å². The van der Waals surface area contributed by atoms with Crippen LogP contribution in [0, 0.1) is 5.92 Å². The van der Waals surface area contributed by atoms with Gasteiger partial charge < -0.3 is 10.2 Å². The minimum absolute atomic E-state index is 0.776. The predicted octanol–water partition coefficient (Wildman–Crippen LogP) is 2.96. The van der Waals surface area contributed by atoms with Crippen LogP contribution in [0.1, 0.15) is 44.6 Å². The van der Waals surface area contributed by atoms with Crippen molar-refractivity contribution in [3.05, 3.63) is 24.0 Å². The number of nitrogens with zero attached hydrogens (tertiary/aromatic N) is 2. The highest BCUT2D eigenvalue weighted by atomic mass is 15.2. The second-order valence-corrected chi connectivity index (χ2v) is 5.88. The molecule has 1 saturated heterocycles. The zero-order valence-corrected chi connectivity index (χ0v) is 11.9. The van der Waals surface area contributed by atoms with Gasteiger partial charge in [-0.1, -0.05) is 19.8 Å². The molecule has 1 N–H and O–H groups in total. The molecule has 1 saturated carbocycles. The molecule has 2 fully saturated rings. The van der Waals surface area contributed by atoms with Gasteiger partial charge in [0, 0.05) is 25.3 Å². The Kier molecular flexibility index (Phi) is 4.02. The molecule has 0 aromatic carbocycles. The highest BCUT2D eigenvalue weighted by Crippen LogP contribution is 2.39. The van der Waals surface area contributed by atoms with Crippen molar-refractivity contribution in [1.29, 1.82) is 0 Å². The first-order valence-corrected chi connectivity index (χ1v) is 7.80. The molecular weight excluding hydrogens is 234 g/mol. The molecule has 19 heavy (non-hydrogen) atoms. The monoisotopic (exact) mass is 259 g/mol. The lowest BCUT2D eigenvalue weighted by atomic mass is 9.85. The molecule has 3 rings (SSSR count). The molecule has 3 nitrogen and oxygen atoms in total. The zero-order valence-electron chi connectivity index (χ0n) is 11.9. The van der Waals surface area contributed by atoms with E-state index in [1.807, 2.05) is 6.20 Å². The van der Waals surface area contributed by atoms with E-state index in [-0.39, 0.29) is 0 Å². The lowest BCUT2D eigenvalue weighted by Crippen LogP contribution is -2.35. The summed E-state index contributed by atoms with van der Waals surface area (Å²) in [5, 5.41) is 3.45. The quantitative estimate of drug-likeness (QED) is 0.901. The minimum atomic E-state index is 0.776. The van der Waals surface area contributed by atoms with E-state index >= 15 is 0 Å². The second kappa shape index (κ2) is 5.91. The number of aromatic nitrogens is 1. The van der Waals surface area contributed by atoms with Gasteiger partial charge in [-0.05, 0) is 43.4 Å². The summed E-state index contributed by atoms with van der Waals surface area (Å²) >= 11 is 0. The van der Waals surface area contributed by atoms with Crippen molar-refractivity contribution in [1.82, 2.24) is 10.3 Å². The van der Waals surface area contributed by atoms with E-state index in [0.717, 1.165) is 25.0 Å². The lowest BCUT2D eigenvalue weighted by molar-refractivity contribution is 0.342. The number of rotatable bonds is 4. The number of anilines is 1. The summed E-state index contributed by atoms with van der Waals surface area (Å²) in [7, 11) is 0. The van der Waals surface area contributed by atoms with Crippen molar-refractivity contribution in [3.8, 4) is 0 Å². The van der Waals surface area contributed by atoms with Crippen LogP contribution in [0.3, 0.4) is 0 Å². The van der Waals surface area contributed by atoms with Gasteiger partial charge in [0.25, 0.3) is 0 Å². The number of hydrogen-bond donors (Lipinski definition) is 1. The lowest BCUT2D eigenvalue weighted by Gasteiger charge is -2.34. The summed E-state index contributed by atoms with van der Waals surface area (Å²) in [6.45, 7) is 5.37. The molecule has 2 heterocycles. The fourth-order valence-electron chi connectivity index (χ4n) is 3.79. The molecule has 3 heteroatoms. The van der Waals surface area contributed by atoms with Gasteiger partial charge in [-0.25, -0.2) is 0 Å². The summed E-state index contributed by atoms with van der Waals surface area (Å²) < 4.78 is 0. The van der Waals surface area contributed by atoms with Crippen LogP contribution in [0.15, 0.2) is 18.5 Å². The Labute approximate surface area is 116 Å². The van der Waals surface area contributed by atoms with Crippen LogP contribution in [0.4, 0.5) is 5.69 Å². The third kappa shape index (κ3) is 2.62. The van der Waals surface area contributed by atoms with Crippen LogP contribution >= 0.6 is 0 Å². The van der Waals surface area contributed by atoms with Crippen molar-refractivity contribution < 1.29 is 0 Å². The Morgan fingerprint density at radius 3 is 3.11 bits per heavy atom. The highest BCUT2D eigenvalue weighted by molar-refractivity contribution is 5.53. The number of nitrogens with one attached hydrogen (secondary N) is 1. The maximum Gasteiger partial charge on any atom is 0.0600 e. The van der Waals surface area contributed by atoms with E-state index in [0.29, 0.717) is 0 Å². The first-order chi connectivity index (χ1) is 9.40. The maximum absolute atomic E-state index is 4.37. The largest absolute Gasteiger partial charge is 0.367 e. The molecule has 0 spiro atoms. The van der Waals surface area contributed by atoms with Crippen molar-refractivity contribution >= 4 is 5.69 Å². The van der Waals surface area contributed by atoms with Gasteiger partial charge in [-0.2, -0.15) is 0 Å². The van der Waals surface area contributed by atoms with Crippen LogP contribution in [-0.2, 0) is 6.54 Å². The van der Waals surface area contributed by atoms with Crippen LogP contribution < -0.4 is 10.2 Å². The summed E-state index contributed by atoms with van der Waals surface area (Å²) in [5.74, 6) is 0.931. The first-order valence-electron chi connectivity index (χ1n) is 7.80. The van der Waals surface area contributed by atoms with Gasteiger partial charge in [-0.15, -0.1) is 0 Å². The van der Waals surface area contributed by atoms with Crippen molar-refractivity contribution in [3.63, 3.8) is 0 Å². The van der Waals surface area contributed by atoms with E-state index < -0.39 is 0 Å². The fraction of sp³-hybridized carbons (Fsp3) is 0.688. The smallest absolute Gasteiger partial charge is 0.0600 e. The zero-order chi connectivity index (χ0) is 13.1. The van der Waals surface area contributed by atoms with Gasteiger partial charge in [0.2, 0.25) is 0 Å². The summed E-state index contributed by atoms with van der Waals surface area (Å²) in [4.78, 5) is 7.01.